The zero-order chi connectivity index (χ0) is 24.1. The van der Waals surface area contributed by atoms with E-state index in [-0.39, 0.29) is 43.4 Å². The van der Waals surface area contributed by atoms with Crippen molar-refractivity contribution >= 4 is 18.0 Å². The molecule has 2 aliphatic rings. The van der Waals surface area contributed by atoms with Crippen LogP contribution in [0.2, 0.25) is 0 Å². The maximum atomic E-state index is 12.7. The molecule has 2 atom stereocenters. The van der Waals surface area contributed by atoms with Gasteiger partial charge in [-0.3, -0.25) is 4.79 Å². The highest BCUT2D eigenvalue weighted by molar-refractivity contribution is 5.80. The number of benzene rings is 2. The van der Waals surface area contributed by atoms with E-state index in [9.17, 15) is 14.4 Å². The summed E-state index contributed by atoms with van der Waals surface area (Å²) in [7, 11) is 1.28. The van der Waals surface area contributed by atoms with E-state index in [1.165, 1.54) is 7.11 Å². The van der Waals surface area contributed by atoms with Crippen molar-refractivity contribution in [2.24, 2.45) is 5.92 Å². The molecule has 2 aliphatic carbocycles. The minimum atomic E-state index is -1.14. The number of ether oxygens (including phenoxy) is 2. The maximum Gasteiger partial charge on any atom is 0.407 e. The summed E-state index contributed by atoms with van der Waals surface area (Å²) in [5.41, 5.74) is 4.59. The summed E-state index contributed by atoms with van der Waals surface area (Å²) in [6.45, 7) is 0.0740. The first kappa shape index (κ1) is 23.8. The van der Waals surface area contributed by atoms with Crippen LogP contribution >= 0.6 is 0 Å². The summed E-state index contributed by atoms with van der Waals surface area (Å²) < 4.78 is 10.5. The van der Waals surface area contributed by atoms with Gasteiger partial charge in [0.1, 0.15) is 6.61 Å². The van der Waals surface area contributed by atoms with Crippen molar-refractivity contribution in [2.75, 3.05) is 20.3 Å². The van der Waals surface area contributed by atoms with Gasteiger partial charge in [0.25, 0.3) is 0 Å². The number of carboxylic acid groups (broad SMARTS) is 1. The molecule has 0 spiro atoms. The Morgan fingerprint density at radius 2 is 1.65 bits per heavy atom. The smallest absolute Gasteiger partial charge is 0.407 e. The predicted molar refractivity (Wildman–Crippen MR) is 125 cm³/mol. The molecule has 0 aromatic heterocycles. The quantitative estimate of drug-likeness (QED) is 0.495. The normalized spacial score (nSPS) is 16.5. The molecule has 180 valence electrons. The molecule has 8 heteroatoms. The van der Waals surface area contributed by atoms with Crippen molar-refractivity contribution in [1.29, 1.82) is 0 Å². The Balaban J connectivity index is 1.34. The van der Waals surface area contributed by atoms with Crippen LogP contribution in [0.25, 0.3) is 11.1 Å². The summed E-state index contributed by atoms with van der Waals surface area (Å²) in [4.78, 5) is 36.2. The van der Waals surface area contributed by atoms with Crippen LogP contribution in [0.15, 0.2) is 48.5 Å². The van der Waals surface area contributed by atoms with Crippen LogP contribution in [0.4, 0.5) is 4.79 Å². The maximum absolute atomic E-state index is 12.7. The highest BCUT2D eigenvalue weighted by atomic mass is 16.5. The lowest BCUT2D eigenvalue weighted by molar-refractivity contribution is -0.148. The van der Waals surface area contributed by atoms with Crippen LogP contribution in [-0.2, 0) is 19.1 Å². The molecule has 0 saturated heterocycles. The fraction of sp³-hybridized carbons (Fsp3) is 0.423. The lowest BCUT2D eigenvalue weighted by atomic mass is 9.78. The number of methoxy groups -OCH3 is 1. The van der Waals surface area contributed by atoms with E-state index in [0.29, 0.717) is 0 Å². The molecule has 2 aromatic carbocycles. The molecule has 0 heterocycles. The topological polar surface area (TPSA) is 114 Å². The van der Waals surface area contributed by atoms with Crippen molar-refractivity contribution in [3.63, 3.8) is 0 Å². The Bertz CT molecular complexity index is 1010. The monoisotopic (exact) mass is 466 g/mol. The first-order valence-electron chi connectivity index (χ1n) is 11.6. The van der Waals surface area contributed by atoms with Crippen molar-refractivity contribution in [1.82, 2.24) is 10.6 Å². The summed E-state index contributed by atoms with van der Waals surface area (Å²) in [6, 6.07) is 15.9. The van der Waals surface area contributed by atoms with Crippen LogP contribution in [0.5, 0.6) is 0 Å². The molecule has 34 heavy (non-hydrogen) atoms. The molecular weight excluding hydrogens is 436 g/mol. The fourth-order valence-electron chi connectivity index (χ4n) is 4.72. The minimum Gasteiger partial charge on any atom is -0.479 e. The summed E-state index contributed by atoms with van der Waals surface area (Å²) in [5, 5.41) is 14.5. The summed E-state index contributed by atoms with van der Waals surface area (Å²) in [5.74, 6) is -1.32. The number of alkyl carbamates (subject to hydrolysis) is 1. The number of rotatable bonds is 10. The third-order valence-electron chi connectivity index (χ3n) is 6.82. The van der Waals surface area contributed by atoms with Crippen LogP contribution in [0.3, 0.4) is 0 Å². The molecule has 4 rings (SSSR count). The first-order chi connectivity index (χ1) is 16.5. The largest absolute Gasteiger partial charge is 0.479 e. The number of amides is 2. The second kappa shape index (κ2) is 10.7. The summed E-state index contributed by atoms with van der Waals surface area (Å²) >= 11 is 0. The van der Waals surface area contributed by atoms with Gasteiger partial charge < -0.3 is 25.2 Å². The number of carbonyl (C=O) groups excluding carboxylic acids is 2. The Hall–Kier alpha value is -3.39. The van der Waals surface area contributed by atoms with E-state index in [2.05, 4.69) is 34.9 Å². The van der Waals surface area contributed by atoms with Gasteiger partial charge in [0.15, 0.2) is 6.10 Å². The van der Waals surface area contributed by atoms with E-state index in [0.717, 1.165) is 41.5 Å². The zero-order valence-electron chi connectivity index (χ0n) is 19.2. The van der Waals surface area contributed by atoms with Gasteiger partial charge in [0.05, 0.1) is 6.54 Å². The van der Waals surface area contributed by atoms with Gasteiger partial charge in [-0.1, -0.05) is 55.0 Å². The van der Waals surface area contributed by atoms with Gasteiger partial charge in [0, 0.05) is 25.5 Å². The second-order valence-electron chi connectivity index (χ2n) is 8.84. The summed E-state index contributed by atoms with van der Waals surface area (Å²) in [6.07, 6.45) is 1.31. The van der Waals surface area contributed by atoms with Crippen molar-refractivity contribution in [3.8, 4) is 11.1 Å². The molecule has 8 nitrogen and oxygen atoms in total. The molecule has 0 bridgehead atoms. The van der Waals surface area contributed by atoms with Crippen molar-refractivity contribution in [3.05, 3.63) is 59.7 Å². The zero-order valence-corrected chi connectivity index (χ0v) is 19.2. The van der Waals surface area contributed by atoms with E-state index in [1.807, 2.05) is 24.3 Å². The lowest BCUT2D eigenvalue weighted by Crippen LogP contribution is -2.47. The van der Waals surface area contributed by atoms with Crippen LogP contribution in [0.1, 0.15) is 42.7 Å². The molecular formula is C26H30N2O6. The predicted octanol–water partition coefficient (Wildman–Crippen LogP) is 3.30. The van der Waals surface area contributed by atoms with E-state index >= 15 is 0 Å². The van der Waals surface area contributed by atoms with Gasteiger partial charge in [0.2, 0.25) is 5.91 Å². The van der Waals surface area contributed by atoms with Gasteiger partial charge >= 0.3 is 12.1 Å². The first-order valence-corrected chi connectivity index (χ1v) is 11.6. The molecule has 2 amide bonds. The molecule has 1 saturated carbocycles. The van der Waals surface area contributed by atoms with Crippen molar-refractivity contribution < 1.29 is 29.0 Å². The average molecular weight is 467 g/mol. The van der Waals surface area contributed by atoms with Gasteiger partial charge in [-0.2, -0.15) is 0 Å². The molecule has 2 unspecified atom stereocenters. The fourth-order valence-corrected chi connectivity index (χ4v) is 4.72. The van der Waals surface area contributed by atoms with Gasteiger partial charge in [-0.25, -0.2) is 9.59 Å². The third-order valence-corrected chi connectivity index (χ3v) is 6.82. The van der Waals surface area contributed by atoms with E-state index in [4.69, 9.17) is 14.6 Å². The lowest BCUT2D eigenvalue weighted by Gasteiger charge is -2.33. The number of fused-ring (bicyclic) bond motifs is 3. The average Bonchev–Trinajstić information content (AvgIpc) is 3.10. The van der Waals surface area contributed by atoms with Crippen LogP contribution in [0, 0.1) is 5.92 Å². The van der Waals surface area contributed by atoms with E-state index < -0.39 is 18.2 Å². The van der Waals surface area contributed by atoms with Gasteiger partial charge in [-0.15, -0.1) is 0 Å². The number of hydrogen-bond donors (Lipinski definition) is 3. The van der Waals surface area contributed by atoms with Crippen molar-refractivity contribution in [2.45, 2.75) is 43.7 Å². The molecule has 0 aliphatic heterocycles. The number of carboxylic acids is 1. The van der Waals surface area contributed by atoms with Crippen LogP contribution < -0.4 is 10.6 Å². The number of hydrogen-bond acceptors (Lipinski definition) is 5. The second-order valence-corrected chi connectivity index (χ2v) is 8.84. The molecule has 2 aromatic rings. The number of carbonyl (C=O) groups is 3. The third kappa shape index (κ3) is 5.22. The standard InChI is InChI=1S/C26H30N2O6/c1-33-23(25(30)31)14-27-24(29)13-22(16-7-6-8-16)28-26(32)34-15-21-19-11-4-2-9-17(19)18-10-3-5-12-20(18)21/h2-5,9-12,16,21-23H,6-8,13-15H2,1H3,(H,27,29)(H,28,32)(H,30,31). The Morgan fingerprint density at radius 1 is 1.03 bits per heavy atom. The molecule has 0 radical (unpaired) electrons. The minimum absolute atomic E-state index is 0.0365. The van der Waals surface area contributed by atoms with E-state index in [1.54, 1.807) is 0 Å². The van der Waals surface area contributed by atoms with Crippen LogP contribution in [-0.4, -0.2) is 55.5 Å². The highest BCUT2D eigenvalue weighted by Gasteiger charge is 2.32. The Morgan fingerprint density at radius 3 is 2.18 bits per heavy atom. The van der Waals surface area contributed by atoms with Gasteiger partial charge in [-0.05, 0) is 41.0 Å². The highest BCUT2D eigenvalue weighted by Crippen LogP contribution is 2.44. The molecule has 1 fully saturated rings. The SMILES string of the molecule is COC(CNC(=O)CC(NC(=O)OCC1c2ccccc2-c2ccccc21)C1CCC1)C(=O)O. The molecule has 3 N–H and O–H groups in total. The Kier molecular flexibility index (Phi) is 7.47. The Labute approximate surface area is 198 Å². The number of nitrogens with one attached hydrogen (secondary N) is 2. The number of aliphatic carboxylic acids is 1.